The number of carbonyl (C=O) groups is 2. The third kappa shape index (κ3) is 2.40. The van der Waals surface area contributed by atoms with E-state index in [1.165, 1.54) is 5.56 Å². The zero-order chi connectivity index (χ0) is 18.7. The smallest absolute Gasteiger partial charge is 0.319 e. The lowest BCUT2D eigenvalue weighted by atomic mass is 9.76. The second-order valence-corrected chi connectivity index (χ2v) is 8.09. The Balaban J connectivity index is 1.52. The Kier molecular flexibility index (Phi) is 3.74. The Bertz CT molecular complexity index is 809. The Labute approximate surface area is 158 Å². The van der Waals surface area contributed by atoms with Crippen molar-refractivity contribution >= 4 is 11.9 Å². The zero-order valence-electron chi connectivity index (χ0n) is 15.8. The molecule has 1 aromatic rings. The van der Waals surface area contributed by atoms with Crippen LogP contribution in [0.5, 0.6) is 11.5 Å². The van der Waals surface area contributed by atoms with Gasteiger partial charge < -0.3 is 24.2 Å². The molecule has 2 fully saturated rings. The summed E-state index contributed by atoms with van der Waals surface area (Å²) in [4.78, 5) is 31.6. The lowest BCUT2D eigenvalue weighted by Crippen LogP contribution is -2.61. The summed E-state index contributed by atoms with van der Waals surface area (Å²) in [7, 11) is 3.55. The number of urea groups is 1. The second-order valence-electron chi connectivity index (χ2n) is 8.09. The Morgan fingerprint density at radius 1 is 1.22 bits per heavy atom. The topological polar surface area (TPSA) is 62.3 Å². The van der Waals surface area contributed by atoms with Gasteiger partial charge in [0.2, 0.25) is 12.7 Å². The number of rotatable bonds is 0. The number of fused-ring (bicyclic) bond motifs is 6. The van der Waals surface area contributed by atoms with Crippen molar-refractivity contribution in [3.8, 4) is 11.5 Å². The predicted molar refractivity (Wildman–Crippen MR) is 97.6 cm³/mol. The van der Waals surface area contributed by atoms with Crippen LogP contribution >= 0.6 is 0 Å². The Morgan fingerprint density at radius 2 is 2.07 bits per heavy atom. The molecule has 0 saturated carbocycles. The van der Waals surface area contributed by atoms with Gasteiger partial charge in [-0.3, -0.25) is 4.79 Å². The Morgan fingerprint density at radius 3 is 2.89 bits per heavy atom. The molecule has 2 saturated heterocycles. The maximum atomic E-state index is 13.3. The van der Waals surface area contributed by atoms with E-state index in [0.29, 0.717) is 6.54 Å². The van der Waals surface area contributed by atoms with Crippen molar-refractivity contribution in [2.24, 2.45) is 5.92 Å². The summed E-state index contributed by atoms with van der Waals surface area (Å²) >= 11 is 0. The fraction of sp³-hybridized carbons (Fsp3) is 0.600. The molecule has 3 atom stereocenters. The molecular weight excluding hydrogens is 346 g/mol. The highest BCUT2D eigenvalue weighted by molar-refractivity contribution is 5.84. The number of nitrogens with zero attached hydrogens (tertiary/aromatic N) is 3. The average molecular weight is 371 g/mol. The van der Waals surface area contributed by atoms with Gasteiger partial charge in [-0.1, -0.05) is 6.07 Å². The molecule has 5 rings (SSSR count). The molecule has 0 aliphatic carbocycles. The number of hydrogen-bond donors (Lipinski definition) is 0. The summed E-state index contributed by atoms with van der Waals surface area (Å²) in [6.45, 7) is 1.70. The highest BCUT2D eigenvalue weighted by Crippen LogP contribution is 2.48. The molecule has 27 heavy (non-hydrogen) atoms. The van der Waals surface area contributed by atoms with Crippen molar-refractivity contribution in [3.05, 3.63) is 23.3 Å². The largest absolute Gasteiger partial charge is 0.454 e. The van der Waals surface area contributed by atoms with Gasteiger partial charge in [0.1, 0.15) is 0 Å². The first kappa shape index (κ1) is 16.7. The van der Waals surface area contributed by atoms with Crippen molar-refractivity contribution < 1.29 is 19.1 Å². The predicted octanol–water partition coefficient (Wildman–Crippen LogP) is 2.01. The van der Waals surface area contributed by atoms with Crippen molar-refractivity contribution in [2.75, 3.05) is 34.0 Å². The van der Waals surface area contributed by atoms with Crippen LogP contribution in [0, 0.1) is 5.92 Å². The quantitative estimate of drug-likeness (QED) is 0.700. The monoisotopic (exact) mass is 371 g/mol. The maximum Gasteiger partial charge on any atom is 0.319 e. The van der Waals surface area contributed by atoms with Gasteiger partial charge in [-0.15, -0.1) is 0 Å². The van der Waals surface area contributed by atoms with Gasteiger partial charge in [-0.2, -0.15) is 0 Å². The van der Waals surface area contributed by atoms with E-state index in [2.05, 4.69) is 6.07 Å². The summed E-state index contributed by atoms with van der Waals surface area (Å²) < 4.78 is 11.2. The molecule has 4 aliphatic heterocycles. The number of piperidine rings is 2. The third-order valence-corrected chi connectivity index (χ3v) is 6.49. The average Bonchev–Trinajstić information content (AvgIpc) is 3.16. The van der Waals surface area contributed by atoms with Crippen LogP contribution in [-0.4, -0.2) is 66.7 Å². The minimum atomic E-state index is -0.0746. The van der Waals surface area contributed by atoms with Crippen LogP contribution in [0.15, 0.2) is 12.1 Å². The molecule has 0 bridgehead atoms. The molecule has 3 amide bonds. The molecule has 4 heterocycles. The summed E-state index contributed by atoms with van der Waals surface area (Å²) in [5.41, 5.74) is 2.32. The van der Waals surface area contributed by atoms with E-state index < -0.39 is 0 Å². The van der Waals surface area contributed by atoms with Crippen LogP contribution in [-0.2, 0) is 11.2 Å². The molecule has 144 valence electrons. The van der Waals surface area contributed by atoms with E-state index in [0.717, 1.165) is 49.3 Å². The summed E-state index contributed by atoms with van der Waals surface area (Å²) in [6, 6.07) is 4.01. The fourth-order valence-corrected chi connectivity index (χ4v) is 5.26. The fourth-order valence-electron chi connectivity index (χ4n) is 5.26. The SMILES string of the molecule is CN(C)C(=O)N1CCCC2C(=O)N3CCc4c(ccc5c4OCO5)C3CC21. The van der Waals surface area contributed by atoms with Gasteiger partial charge in [0, 0.05) is 38.8 Å². The van der Waals surface area contributed by atoms with Crippen LogP contribution < -0.4 is 9.47 Å². The van der Waals surface area contributed by atoms with E-state index in [-0.39, 0.29) is 36.7 Å². The number of benzene rings is 1. The van der Waals surface area contributed by atoms with E-state index in [1.54, 1.807) is 19.0 Å². The minimum Gasteiger partial charge on any atom is -0.454 e. The standard InChI is InChI=1S/C20H25N3O4/c1-21(2)20(25)23-8-3-4-14-16(23)10-15-12-5-6-17-18(27-11-26-17)13(12)7-9-22(15)19(14)24/h5-6,14-16H,3-4,7-11H2,1-2H3. The van der Waals surface area contributed by atoms with E-state index in [9.17, 15) is 9.59 Å². The third-order valence-electron chi connectivity index (χ3n) is 6.49. The summed E-state index contributed by atoms with van der Waals surface area (Å²) in [5, 5.41) is 0. The van der Waals surface area contributed by atoms with Crippen molar-refractivity contribution in [1.82, 2.24) is 14.7 Å². The molecule has 0 aromatic heterocycles. The van der Waals surface area contributed by atoms with Crippen molar-refractivity contribution in [2.45, 2.75) is 37.8 Å². The van der Waals surface area contributed by atoms with Crippen molar-refractivity contribution in [3.63, 3.8) is 0 Å². The van der Waals surface area contributed by atoms with Crippen LogP contribution in [0.3, 0.4) is 0 Å². The minimum absolute atomic E-state index is 0.00700. The highest BCUT2D eigenvalue weighted by Gasteiger charge is 2.49. The van der Waals surface area contributed by atoms with Gasteiger partial charge in [-0.25, -0.2) is 4.79 Å². The van der Waals surface area contributed by atoms with Crippen LogP contribution in [0.4, 0.5) is 4.79 Å². The van der Waals surface area contributed by atoms with Gasteiger partial charge in [0.25, 0.3) is 0 Å². The molecule has 0 N–H and O–H groups in total. The molecule has 7 nitrogen and oxygen atoms in total. The van der Waals surface area contributed by atoms with Crippen LogP contribution in [0.1, 0.15) is 36.4 Å². The van der Waals surface area contributed by atoms with E-state index >= 15 is 0 Å². The van der Waals surface area contributed by atoms with E-state index in [1.807, 2.05) is 15.9 Å². The van der Waals surface area contributed by atoms with Gasteiger partial charge in [-0.05, 0) is 37.3 Å². The number of ether oxygens (including phenoxy) is 2. The van der Waals surface area contributed by atoms with Gasteiger partial charge in [0.05, 0.1) is 12.0 Å². The van der Waals surface area contributed by atoms with E-state index in [4.69, 9.17) is 9.47 Å². The Hall–Kier alpha value is -2.44. The van der Waals surface area contributed by atoms with Crippen LogP contribution in [0.25, 0.3) is 0 Å². The molecule has 0 radical (unpaired) electrons. The first-order chi connectivity index (χ1) is 13.1. The lowest BCUT2D eigenvalue weighted by Gasteiger charge is -2.51. The lowest BCUT2D eigenvalue weighted by molar-refractivity contribution is -0.148. The van der Waals surface area contributed by atoms with Crippen molar-refractivity contribution in [1.29, 1.82) is 0 Å². The molecule has 1 aromatic carbocycles. The highest BCUT2D eigenvalue weighted by atomic mass is 16.7. The first-order valence-corrected chi connectivity index (χ1v) is 9.76. The number of likely N-dealkylation sites (tertiary alicyclic amines) is 1. The maximum absolute atomic E-state index is 13.3. The molecule has 0 spiro atoms. The van der Waals surface area contributed by atoms with Gasteiger partial charge in [0.15, 0.2) is 11.5 Å². The molecule has 3 unspecified atom stereocenters. The summed E-state index contributed by atoms with van der Waals surface area (Å²) in [5.74, 6) is 1.76. The normalized spacial score (nSPS) is 28.4. The summed E-state index contributed by atoms with van der Waals surface area (Å²) in [6.07, 6.45) is 3.35. The number of carbonyl (C=O) groups excluding carboxylic acids is 2. The molecule has 7 heteroatoms. The second kappa shape index (κ2) is 6.04. The first-order valence-electron chi connectivity index (χ1n) is 9.76. The molecular formula is C20H25N3O4. The number of amides is 3. The number of hydrogen-bond acceptors (Lipinski definition) is 4. The molecule has 4 aliphatic rings. The van der Waals surface area contributed by atoms with Gasteiger partial charge >= 0.3 is 6.03 Å². The van der Waals surface area contributed by atoms with Crippen LogP contribution in [0.2, 0.25) is 0 Å². The zero-order valence-corrected chi connectivity index (χ0v) is 15.8.